The van der Waals surface area contributed by atoms with E-state index >= 15 is 0 Å². The lowest BCUT2D eigenvalue weighted by molar-refractivity contribution is 0.0452. The first-order chi connectivity index (χ1) is 14.1. The molecule has 1 aliphatic heterocycles. The summed E-state index contributed by atoms with van der Waals surface area (Å²) in [7, 11) is 0. The van der Waals surface area contributed by atoms with Crippen molar-refractivity contribution in [2.45, 2.75) is 97.9 Å². The molecule has 0 radical (unpaired) electrons. The Labute approximate surface area is 203 Å². The molecular formula is C21H40IN7O2. The highest BCUT2D eigenvalue weighted by Gasteiger charge is 2.31. The second-order valence-corrected chi connectivity index (χ2v) is 8.89. The summed E-state index contributed by atoms with van der Waals surface area (Å²) in [6, 6.07) is 0.0641. The Morgan fingerprint density at radius 1 is 1.26 bits per heavy atom. The lowest BCUT2D eigenvalue weighted by atomic mass is 9.93. The van der Waals surface area contributed by atoms with Gasteiger partial charge in [-0.05, 0) is 60.3 Å². The van der Waals surface area contributed by atoms with Crippen LogP contribution in [-0.2, 0) is 11.3 Å². The topological polar surface area (TPSA) is 105 Å². The summed E-state index contributed by atoms with van der Waals surface area (Å²) in [5, 5.41) is 14.4. The number of guanidine groups is 1. The molecule has 178 valence electrons. The molecule has 0 aliphatic carbocycles. The molecule has 3 N–H and O–H groups in total. The molecule has 0 spiro atoms. The van der Waals surface area contributed by atoms with Gasteiger partial charge in [-0.25, -0.2) is 14.5 Å². The zero-order valence-corrected chi connectivity index (χ0v) is 22.4. The third kappa shape index (κ3) is 8.12. The standard InChI is InChI=1S/C21H39N7O2.HI/c1-8-21(9-2,26-19(29)30-20(5,6)7)14-23-18(22-10-3)25-16-12-11-13-28-17(16)24-15(4)27-28;/h16H,8-14H2,1-7H3,(H,26,29)(H2,22,23,25);1H. The molecule has 0 fully saturated rings. The van der Waals surface area contributed by atoms with E-state index in [4.69, 9.17) is 9.73 Å². The van der Waals surface area contributed by atoms with Gasteiger partial charge in [-0.3, -0.25) is 4.99 Å². The van der Waals surface area contributed by atoms with Gasteiger partial charge in [0.1, 0.15) is 17.2 Å². The smallest absolute Gasteiger partial charge is 0.408 e. The average Bonchev–Trinajstić information content (AvgIpc) is 3.05. The van der Waals surface area contributed by atoms with E-state index < -0.39 is 17.2 Å². The third-order valence-corrected chi connectivity index (χ3v) is 5.30. The summed E-state index contributed by atoms with van der Waals surface area (Å²) < 4.78 is 7.45. The van der Waals surface area contributed by atoms with Crippen molar-refractivity contribution in [2.75, 3.05) is 13.1 Å². The van der Waals surface area contributed by atoms with Gasteiger partial charge in [-0.2, -0.15) is 5.10 Å². The quantitative estimate of drug-likeness (QED) is 0.272. The predicted molar refractivity (Wildman–Crippen MR) is 134 cm³/mol. The van der Waals surface area contributed by atoms with Gasteiger partial charge in [0.25, 0.3) is 0 Å². The molecule has 0 bridgehead atoms. The Kier molecular flexibility index (Phi) is 10.5. The van der Waals surface area contributed by atoms with Crippen LogP contribution in [0.5, 0.6) is 0 Å². The molecule has 2 rings (SSSR count). The van der Waals surface area contributed by atoms with E-state index in [9.17, 15) is 4.79 Å². The Hall–Kier alpha value is -1.59. The van der Waals surface area contributed by atoms with Gasteiger partial charge in [0.2, 0.25) is 0 Å². The van der Waals surface area contributed by atoms with Crippen LogP contribution < -0.4 is 16.0 Å². The molecule has 2 heterocycles. The lowest BCUT2D eigenvalue weighted by Crippen LogP contribution is -2.52. The Morgan fingerprint density at radius 3 is 2.52 bits per heavy atom. The van der Waals surface area contributed by atoms with Crippen molar-refractivity contribution >= 4 is 36.0 Å². The summed E-state index contributed by atoms with van der Waals surface area (Å²) in [5.74, 6) is 2.46. The van der Waals surface area contributed by atoms with Crippen LogP contribution in [0.3, 0.4) is 0 Å². The molecule has 10 heteroatoms. The summed E-state index contributed by atoms with van der Waals surface area (Å²) in [6.45, 7) is 15.8. The number of alkyl carbamates (subject to hydrolysis) is 1. The number of aromatic nitrogens is 3. The van der Waals surface area contributed by atoms with Crippen LogP contribution in [0.1, 0.15) is 84.9 Å². The van der Waals surface area contributed by atoms with E-state index in [0.717, 1.165) is 50.4 Å². The highest BCUT2D eigenvalue weighted by Crippen LogP contribution is 2.23. The molecule has 0 saturated carbocycles. The van der Waals surface area contributed by atoms with Crippen LogP contribution >= 0.6 is 24.0 Å². The van der Waals surface area contributed by atoms with E-state index in [2.05, 4.69) is 39.9 Å². The van der Waals surface area contributed by atoms with Crippen molar-refractivity contribution in [3.05, 3.63) is 11.6 Å². The van der Waals surface area contributed by atoms with E-state index in [1.54, 1.807) is 0 Å². The van der Waals surface area contributed by atoms with Crippen LogP contribution in [0.2, 0.25) is 0 Å². The van der Waals surface area contributed by atoms with E-state index in [0.29, 0.717) is 12.5 Å². The van der Waals surface area contributed by atoms with E-state index in [1.807, 2.05) is 39.3 Å². The van der Waals surface area contributed by atoms with Crippen molar-refractivity contribution in [3.8, 4) is 0 Å². The number of rotatable bonds is 7. The summed E-state index contributed by atoms with van der Waals surface area (Å²) >= 11 is 0. The SMILES string of the molecule is CCNC(=NCC(CC)(CC)NC(=O)OC(C)(C)C)NC1CCCn2nc(C)nc21.I. The van der Waals surface area contributed by atoms with Crippen LogP contribution in [-0.4, -0.2) is 51.0 Å². The van der Waals surface area contributed by atoms with Gasteiger partial charge in [-0.15, -0.1) is 24.0 Å². The monoisotopic (exact) mass is 549 g/mol. The highest BCUT2D eigenvalue weighted by atomic mass is 127. The number of amides is 1. The number of carbonyl (C=O) groups excluding carboxylic acids is 1. The Bertz CT molecular complexity index is 739. The zero-order valence-electron chi connectivity index (χ0n) is 20.0. The van der Waals surface area contributed by atoms with Crippen LogP contribution in [0.25, 0.3) is 0 Å². The minimum atomic E-state index is -0.536. The summed E-state index contributed by atoms with van der Waals surface area (Å²) in [6.07, 6.45) is 3.12. The number of carbonyl (C=O) groups is 1. The average molecular weight is 550 g/mol. The summed E-state index contributed by atoms with van der Waals surface area (Å²) in [5.41, 5.74) is -1.00. The molecule has 1 atom stereocenters. The van der Waals surface area contributed by atoms with Crippen molar-refractivity contribution in [3.63, 3.8) is 0 Å². The third-order valence-electron chi connectivity index (χ3n) is 5.30. The van der Waals surface area contributed by atoms with E-state index in [1.165, 1.54) is 0 Å². The van der Waals surface area contributed by atoms with Gasteiger partial charge in [0.15, 0.2) is 5.96 Å². The minimum absolute atomic E-state index is 0. The van der Waals surface area contributed by atoms with Gasteiger partial charge in [-0.1, -0.05) is 13.8 Å². The maximum absolute atomic E-state index is 12.4. The second kappa shape index (κ2) is 11.9. The molecule has 1 aromatic rings. The molecule has 1 unspecified atom stereocenters. The fourth-order valence-corrected chi connectivity index (χ4v) is 3.53. The molecule has 1 amide bonds. The van der Waals surface area contributed by atoms with Crippen molar-refractivity contribution in [1.29, 1.82) is 0 Å². The van der Waals surface area contributed by atoms with Crippen LogP contribution in [0.15, 0.2) is 4.99 Å². The number of ether oxygens (including phenoxy) is 1. The lowest BCUT2D eigenvalue weighted by Gasteiger charge is -2.33. The molecule has 1 aliphatic rings. The Balaban J connectivity index is 0.00000480. The fraction of sp³-hybridized carbons (Fsp3) is 0.810. The van der Waals surface area contributed by atoms with Crippen molar-refractivity contribution in [1.82, 2.24) is 30.7 Å². The minimum Gasteiger partial charge on any atom is -0.444 e. The van der Waals surface area contributed by atoms with Gasteiger partial charge < -0.3 is 20.7 Å². The molecular weight excluding hydrogens is 509 g/mol. The molecule has 0 aromatic carbocycles. The first-order valence-electron chi connectivity index (χ1n) is 11.1. The number of halogens is 1. The van der Waals surface area contributed by atoms with Crippen LogP contribution in [0, 0.1) is 6.92 Å². The largest absolute Gasteiger partial charge is 0.444 e. The molecule has 0 saturated heterocycles. The number of aliphatic imine (C=N–C) groups is 1. The summed E-state index contributed by atoms with van der Waals surface area (Å²) in [4.78, 5) is 21.8. The first kappa shape index (κ1) is 27.4. The maximum Gasteiger partial charge on any atom is 0.408 e. The molecule has 9 nitrogen and oxygen atoms in total. The Morgan fingerprint density at radius 2 is 1.94 bits per heavy atom. The predicted octanol–water partition coefficient (Wildman–Crippen LogP) is 3.68. The number of aryl methyl sites for hydroxylation is 2. The maximum atomic E-state index is 12.4. The van der Waals surface area contributed by atoms with E-state index in [-0.39, 0.29) is 30.0 Å². The number of hydrogen-bond acceptors (Lipinski definition) is 5. The number of hydrogen-bond donors (Lipinski definition) is 3. The first-order valence-corrected chi connectivity index (χ1v) is 11.1. The number of fused-ring (bicyclic) bond motifs is 1. The fourth-order valence-electron chi connectivity index (χ4n) is 3.53. The normalized spacial score (nSPS) is 16.7. The van der Waals surface area contributed by atoms with Crippen molar-refractivity contribution in [2.24, 2.45) is 4.99 Å². The zero-order chi connectivity index (χ0) is 22.4. The van der Waals surface area contributed by atoms with Gasteiger partial charge >= 0.3 is 6.09 Å². The number of nitrogens with one attached hydrogen (secondary N) is 3. The second-order valence-electron chi connectivity index (χ2n) is 8.89. The van der Waals surface area contributed by atoms with Gasteiger partial charge in [0.05, 0.1) is 18.1 Å². The number of nitrogens with zero attached hydrogens (tertiary/aromatic N) is 4. The van der Waals surface area contributed by atoms with Crippen LogP contribution in [0.4, 0.5) is 4.79 Å². The van der Waals surface area contributed by atoms with Gasteiger partial charge in [0, 0.05) is 13.1 Å². The molecule has 1 aromatic heterocycles. The van der Waals surface area contributed by atoms with Crippen molar-refractivity contribution < 1.29 is 9.53 Å². The molecule has 31 heavy (non-hydrogen) atoms. The highest BCUT2D eigenvalue weighted by molar-refractivity contribution is 14.0.